The van der Waals surface area contributed by atoms with E-state index in [2.05, 4.69) is 6.58 Å². The van der Waals surface area contributed by atoms with Crippen LogP contribution in [0.25, 0.3) is 0 Å². The van der Waals surface area contributed by atoms with Gasteiger partial charge in [0.05, 0.1) is 0 Å². The molecule has 1 rings (SSSR count). The van der Waals surface area contributed by atoms with Gasteiger partial charge >= 0.3 is 0 Å². The third-order valence-corrected chi connectivity index (χ3v) is 1.78. The van der Waals surface area contributed by atoms with E-state index >= 15 is 0 Å². The summed E-state index contributed by atoms with van der Waals surface area (Å²) in [6.45, 7) is 3.65. The second-order valence-corrected chi connectivity index (χ2v) is 2.67. The zero-order valence-corrected chi connectivity index (χ0v) is 6.83. The van der Waals surface area contributed by atoms with Crippen molar-refractivity contribution >= 4 is 0 Å². The van der Waals surface area contributed by atoms with Gasteiger partial charge in [-0.2, -0.15) is 0 Å². The molecule has 0 aliphatic heterocycles. The Hall–Kier alpha value is -1.02. The van der Waals surface area contributed by atoms with Crippen molar-refractivity contribution in [2.24, 2.45) is 12.8 Å². The molecule has 1 aromatic rings. The molecule has 0 bridgehead atoms. The molecule has 2 nitrogen and oxygen atoms in total. The van der Waals surface area contributed by atoms with Crippen molar-refractivity contribution in [3.8, 4) is 0 Å². The fourth-order valence-corrected chi connectivity index (χ4v) is 1.16. The highest BCUT2D eigenvalue weighted by Crippen LogP contribution is 2.13. The minimum Gasteiger partial charge on any atom is -0.353 e. The average molecular weight is 150 g/mol. The topological polar surface area (TPSA) is 30.9 Å². The Kier molecular flexibility index (Phi) is 2.49. The predicted molar refractivity (Wildman–Crippen MR) is 47.2 cm³/mol. The first-order valence-electron chi connectivity index (χ1n) is 3.73. The van der Waals surface area contributed by atoms with Gasteiger partial charge in [-0.05, 0) is 18.6 Å². The van der Waals surface area contributed by atoms with E-state index in [-0.39, 0.29) is 6.04 Å². The quantitative estimate of drug-likeness (QED) is 0.652. The summed E-state index contributed by atoms with van der Waals surface area (Å²) < 4.78 is 2.04. The second-order valence-electron chi connectivity index (χ2n) is 2.67. The lowest BCUT2D eigenvalue weighted by Crippen LogP contribution is -2.12. The summed E-state index contributed by atoms with van der Waals surface area (Å²) in [6.07, 6.45) is 4.67. The molecule has 2 N–H and O–H groups in total. The number of nitrogens with two attached hydrogens (primary N) is 1. The minimum absolute atomic E-state index is 0.0903. The van der Waals surface area contributed by atoms with E-state index in [1.807, 2.05) is 36.0 Å². The maximum absolute atomic E-state index is 5.86. The van der Waals surface area contributed by atoms with Gasteiger partial charge in [-0.1, -0.05) is 6.08 Å². The number of aryl methyl sites for hydroxylation is 1. The molecule has 1 aromatic heterocycles. The third-order valence-electron chi connectivity index (χ3n) is 1.78. The lowest BCUT2D eigenvalue weighted by atomic mass is 10.1. The molecule has 0 aliphatic rings. The van der Waals surface area contributed by atoms with Crippen molar-refractivity contribution in [3.05, 3.63) is 36.7 Å². The summed E-state index contributed by atoms with van der Waals surface area (Å²) in [4.78, 5) is 0. The first-order chi connectivity index (χ1) is 5.25. The first kappa shape index (κ1) is 8.08. The summed E-state index contributed by atoms with van der Waals surface area (Å²) in [7, 11) is 2.00. The first-order valence-corrected chi connectivity index (χ1v) is 3.73. The van der Waals surface area contributed by atoms with Crippen LogP contribution >= 0.6 is 0 Å². The number of rotatable bonds is 3. The van der Waals surface area contributed by atoms with Gasteiger partial charge < -0.3 is 10.3 Å². The Labute approximate surface area is 67.3 Å². The normalized spacial score (nSPS) is 12.9. The van der Waals surface area contributed by atoms with E-state index in [0.29, 0.717) is 0 Å². The van der Waals surface area contributed by atoms with Crippen LogP contribution in [0.5, 0.6) is 0 Å². The maximum Gasteiger partial charge on any atom is 0.0484 e. The van der Waals surface area contributed by atoms with E-state index in [1.165, 1.54) is 0 Å². The van der Waals surface area contributed by atoms with Crippen molar-refractivity contribution in [3.63, 3.8) is 0 Å². The second kappa shape index (κ2) is 3.39. The fraction of sp³-hybridized carbons (Fsp3) is 0.333. The molecule has 0 fully saturated rings. The summed E-state index contributed by atoms with van der Waals surface area (Å²) in [5, 5.41) is 0. The van der Waals surface area contributed by atoms with Gasteiger partial charge in [-0.15, -0.1) is 6.58 Å². The van der Waals surface area contributed by atoms with E-state index in [1.54, 1.807) is 0 Å². The molecule has 0 saturated heterocycles. The van der Waals surface area contributed by atoms with E-state index < -0.39 is 0 Å². The van der Waals surface area contributed by atoms with Crippen LogP contribution in [0.3, 0.4) is 0 Å². The summed E-state index contributed by atoms with van der Waals surface area (Å²) >= 11 is 0. The molecular weight excluding hydrogens is 136 g/mol. The van der Waals surface area contributed by atoms with E-state index in [9.17, 15) is 0 Å². The fourth-order valence-electron chi connectivity index (χ4n) is 1.16. The molecule has 60 valence electrons. The monoisotopic (exact) mass is 150 g/mol. The SMILES string of the molecule is C=CC[C@H](N)c1cccn1C. The highest BCUT2D eigenvalue weighted by molar-refractivity contribution is 5.11. The zero-order valence-electron chi connectivity index (χ0n) is 6.83. The van der Waals surface area contributed by atoms with Crippen LogP contribution < -0.4 is 5.73 Å². The van der Waals surface area contributed by atoms with Crippen LogP contribution in [0.1, 0.15) is 18.2 Å². The van der Waals surface area contributed by atoms with E-state index in [4.69, 9.17) is 5.73 Å². The van der Waals surface area contributed by atoms with Crippen LogP contribution in [-0.4, -0.2) is 4.57 Å². The molecule has 0 saturated carbocycles. The van der Waals surface area contributed by atoms with Crippen LogP contribution in [0.2, 0.25) is 0 Å². The lowest BCUT2D eigenvalue weighted by Gasteiger charge is -2.09. The molecule has 0 radical (unpaired) electrons. The molecular formula is C9H14N2. The Bertz CT molecular complexity index is 237. The molecule has 1 heterocycles. The van der Waals surface area contributed by atoms with E-state index in [0.717, 1.165) is 12.1 Å². The zero-order chi connectivity index (χ0) is 8.27. The van der Waals surface area contributed by atoms with Crippen LogP contribution in [0.15, 0.2) is 31.0 Å². The van der Waals surface area contributed by atoms with Gasteiger partial charge in [0.2, 0.25) is 0 Å². The van der Waals surface area contributed by atoms with Gasteiger partial charge in [0, 0.05) is 25.0 Å². The standard InChI is InChI=1S/C9H14N2/c1-3-5-8(10)9-6-4-7-11(9)2/h3-4,6-8H,1,5,10H2,2H3/t8-/m0/s1. The van der Waals surface area contributed by atoms with Gasteiger partial charge in [0.15, 0.2) is 0 Å². The van der Waals surface area contributed by atoms with Crippen LogP contribution in [0, 0.1) is 0 Å². The number of aromatic nitrogens is 1. The molecule has 0 unspecified atom stereocenters. The number of nitrogens with zero attached hydrogens (tertiary/aromatic N) is 1. The largest absolute Gasteiger partial charge is 0.353 e. The lowest BCUT2D eigenvalue weighted by molar-refractivity contribution is 0.668. The Balaban J connectivity index is 2.74. The van der Waals surface area contributed by atoms with Gasteiger partial charge in [0.1, 0.15) is 0 Å². The van der Waals surface area contributed by atoms with Gasteiger partial charge in [-0.25, -0.2) is 0 Å². The molecule has 11 heavy (non-hydrogen) atoms. The smallest absolute Gasteiger partial charge is 0.0484 e. The van der Waals surface area contributed by atoms with Crippen LogP contribution in [-0.2, 0) is 7.05 Å². The summed E-state index contributed by atoms with van der Waals surface area (Å²) in [6, 6.07) is 4.12. The highest BCUT2D eigenvalue weighted by atomic mass is 14.9. The number of hydrogen-bond acceptors (Lipinski definition) is 1. The highest BCUT2D eigenvalue weighted by Gasteiger charge is 2.05. The maximum atomic E-state index is 5.86. The third kappa shape index (κ3) is 1.71. The van der Waals surface area contributed by atoms with Crippen molar-refractivity contribution in [1.82, 2.24) is 4.57 Å². The molecule has 0 spiro atoms. The molecule has 0 amide bonds. The molecule has 2 heteroatoms. The Morgan fingerprint density at radius 3 is 3.00 bits per heavy atom. The van der Waals surface area contributed by atoms with Crippen LogP contribution in [0.4, 0.5) is 0 Å². The molecule has 0 aromatic carbocycles. The minimum atomic E-state index is 0.0903. The van der Waals surface area contributed by atoms with Gasteiger partial charge in [-0.3, -0.25) is 0 Å². The number of hydrogen-bond donors (Lipinski definition) is 1. The summed E-state index contributed by atoms with van der Waals surface area (Å²) in [5.74, 6) is 0. The van der Waals surface area contributed by atoms with Crippen molar-refractivity contribution in [2.45, 2.75) is 12.5 Å². The van der Waals surface area contributed by atoms with Crippen molar-refractivity contribution in [2.75, 3.05) is 0 Å². The Morgan fingerprint density at radius 2 is 2.55 bits per heavy atom. The van der Waals surface area contributed by atoms with Crippen molar-refractivity contribution in [1.29, 1.82) is 0 Å². The van der Waals surface area contributed by atoms with Gasteiger partial charge in [0.25, 0.3) is 0 Å². The molecule has 1 atom stereocenters. The summed E-state index contributed by atoms with van der Waals surface area (Å²) in [5.41, 5.74) is 7.02. The Morgan fingerprint density at radius 1 is 1.82 bits per heavy atom. The van der Waals surface area contributed by atoms with Crippen molar-refractivity contribution < 1.29 is 0 Å². The molecule has 0 aliphatic carbocycles. The predicted octanol–water partition coefficient (Wildman–Crippen LogP) is 1.60. The average Bonchev–Trinajstić information content (AvgIpc) is 2.36.